The van der Waals surface area contributed by atoms with Crippen LogP contribution in [0.25, 0.3) is 10.2 Å². The van der Waals surface area contributed by atoms with Gasteiger partial charge >= 0.3 is 0 Å². The van der Waals surface area contributed by atoms with Gasteiger partial charge in [0.15, 0.2) is 9.84 Å². The number of benzene rings is 1. The van der Waals surface area contributed by atoms with Crippen LogP contribution in [0.3, 0.4) is 0 Å². The maximum Gasteiger partial charge on any atom is 0.175 e. The van der Waals surface area contributed by atoms with Crippen LogP contribution in [-0.4, -0.2) is 19.7 Å². The lowest BCUT2D eigenvalue weighted by molar-refractivity contribution is 0.602. The van der Waals surface area contributed by atoms with E-state index in [1.807, 2.05) is 0 Å². The van der Waals surface area contributed by atoms with E-state index in [2.05, 4.69) is 4.98 Å². The number of fused-ring (bicyclic) bond motifs is 1. The van der Waals surface area contributed by atoms with Gasteiger partial charge in [-0.3, -0.25) is 0 Å². The molecular formula is C9H10N2O2S2. The van der Waals surface area contributed by atoms with Crippen LogP contribution in [0.2, 0.25) is 0 Å². The van der Waals surface area contributed by atoms with E-state index in [0.717, 1.165) is 15.2 Å². The van der Waals surface area contributed by atoms with Crippen molar-refractivity contribution in [1.82, 2.24) is 4.98 Å². The van der Waals surface area contributed by atoms with Crippen molar-refractivity contribution in [3.05, 3.63) is 23.2 Å². The van der Waals surface area contributed by atoms with E-state index in [9.17, 15) is 8.42 Å². The van der Waals surface area contributed by atoms with Crippen LogP contribution in [0.4, 0.5) is 0 Å². The predicted molar refractivity (Wildman–Crippen MR) is 60.6 cm³/mol. The van der Waals surface area contributed by atoms with Crippen molar-refractivity contribution < 1.29 is 8.42 Å². The Labute approximate surface area is 91.7 Å². The van der Waals surface area contributed by atoms with Crippen molar-refractivity contribution in [3.63, 3.8) is 0 Å². The number of hydrogen-bond donors (Lipinski definition) is 1. The smallest absolute Gasteiger partial charge is 0.175 e. The normalized spacial score (nSPS) is 12.1. The van der Waals surface area contributed by atoms with Gasteiger partial charge in [0, 0.05) is 12.8 Å². The fourth-order valence-corrected chi connectivity index (χ4v) is 2.88. The average Bonchev–Trinajstić information content (AvgIpc) is 2.57. The Hall–Kier alpha value is -0.980. The zero-order valence-corrected chi connectivity index (χ0v) is 9.73. The Morgan fingerprint density at radius 3 is 2.80 bits per heavy atom. The summed E-state index contributed by atoms with van der Waals surface area (Å²) in [7, 11) is -3.14. The molecule has 1 aromatic heterocycles. The van der Waals surface area contributed by atoms with Crippen molar-refractivity contribution in [2.24, 2.45) is 5.73 Å². The SMILES string of the molecule is CS(=O)(=O)c1ccc2nc(CN)sc2c1. The summed E-state index contributed by atoms with van der Waals surface area (Å²) in [6.07, 6.45) is 1.19. The second-order valence-electron chi connectivity index (χ2n) is 3.21. The van der Waals surface area contributed by atoms with Crippen LogP contribution in [0.15, 0.2) is 23.1 Å². The van der Waals surface area contributed by atoms with E-state index in [-0.39, 0.29) is 0 Å². The largest absolute Gasteiger partial charge is 0.325 e. The molecule has 15 heavy (non-hydrogen) atoms. The minimum atomic E-state index is -3.14. The third kappa shape index (κ3) is 2.01. The highest BCUT2D eigenvalue weighted by Crippen LogP contribution is 2.24. The summed E-state index contributed by atoms with van der Waals surface area (Å²) in [6, 6.07) is 4.92. The number of thiazole rings is 1. The third-order valence-corrected chi connectivity index (χ3v) is 4.16. The number of rotatable bonds is 2. The van der Waals surface area contributed by atoms with Crippen molar-refractivity contribution in [2.45, 2.75) is 11.4 Å². The summed E-state index contributed by atoms with van der Waals surface area (Å²) in [5, 5.41) is 0.815. The molecule has 0 unspecified atom stereocenters. The summed E-state index contributed by atoms with van der Waals surface area (Å²) < 4.78 is 23.5. The Kier molecular flexibility index (Phi) is 2.49. The molecule has 2 rings (SSSR count). The number of hydrogen-bond acceptors (Lipinski definition) is 5. The van der Waals surface area contributed by atoms with E-state index in [0.29, 0.717) is 11.4 Å². The molecule has 2 N–H and O–H groups in total. The van der Waals surface area contributed by atoms with E-state index in [1.165, 1.54) is 17.6 Å². The molecule has 0 aliphatic carbocycles. The van der Waals surface area contributed by atoms with Crippen molar-refractivity contribution in [2.75, 3.05) is 6.26 Å². The van der Waals surface area contributed by atoms with Crippen LogP contribution in [0.5, 0.6) is 0 Å². The molecule has 1 aromatic carbocycles. The molecule has 0 bridgehead atoms. The zero-order chi connectivity index (χ0) is 11.1. The average molecular weight is 242 g/mol. The van der Waals surface area contributed by atoms with Crippen molar-refractivity contribution >= 4 is 31.4 Å². The van der Waals surface area contributed by atoms with E-state index < -0.39 is 9.84 Å². The Morgan fingerprint density at radius 1 is 1.47 bits per heavy atom. The molecule has 0 saturated carbocycles. The molecule has 0 fully saturated rings. The first-order chi connectivity index (χ1) is 7.00. The lowest BCUT2D eigenvalue weighted by Gasteiger charge is -1.96. The second kappa shape index (κ2) is 3.55. The number of nitrogens with zero attached hydrogens (tertiary/aromatic N) is 1. The second-order valence-corrected chi connectivity index (χ2v) is 6.34. The van der Waals surface area contributed by atoms with Gasteiger partial charge in [0.1, 0.15) is 5.01 Å². The number of aromatic nitrogens is 1. The van der Waals surface area contributed by atoms with Crippen LogP contribution < -0.4 is 5.73 Å². The van der Waals surface area contributed by atoms with Crippen LogP contribution in [-0.2, 0) is 16.4 Å². The third-order valence-electron chi connectivity index (χ3n) is 2.01. The summed E-state index contributed by atoms with van der Waals surface area (Å²) >= 11 is 1.43. The molecule has 0 saturated heterocycles. The van der Waals surface area contributed by atoms with Crippen molar-refractivity contribution in [3.8, 4) is 0 Å². The summed E-state index contributed by atoms with van der Waals surface area (Å²) in [6.45, 7) is 0.382. The van der Waals surface area contributed by atoms with Crippen LogP contribution >= 0.6 is 11.3 Å². The molecule has 6 heteroatoms. The van der Waals surface area contributed by atoms with Gasteiger partial charge in [-0.15, -0.1) is 11.3 Å². The highest BCUT2D eigenvalue weighted by molar-refractivity contribution is 7.90. The Bertz CT molecular complexity index is 602. The fourth-order valence-electron chi connectivity index (χ4n) is 1.27. The summed E-state index contributed by atoms with van der Waals surface area (Å²) in [5.41, 5.74) is 6.27. The van der Waals surface area contributed by atoms with Gasteiger partial charge < -0.3 is 5.73 Å². The summed E-state index contributed by atoms with van der Waals surface area (Å²) in [5.74, 6) is 0. The van der Waals surface area contributed by atoms with Gasteiger partial charge in [0.25, 0.3) is 0 Å². The minimum absolute atomic E-state index is 0.322. The molecule has 0 radical (unpaired) electrons. The monoisotopic (exact) mass is 242 g/mol. The summed E-state index contributed by atoms with van der Waals surface area (Å²) in [4.78, 5) is 4.57. The molecule has 0 aliphatic rings. The Balaban J connectivity index is 2.66. The van der Waals surface area contributed by atoms with E-state index >= 15 is 0 Å². The number of sulfone groups is 1. The highest BCUT2D eigenvalue weighted by atomic mass is 32.2. The standard InChI is InChI=1S/C9H10N2O2S2/c1-15(12,13)6-2-3-7-8(4-6)14-9(5-10)11-7/h2-4H,5,10H2,1H3. The molecule has 0 spiro atoms. The molecule has 0 atom stereocenters. The quantitative estimate of drug-likeness (QED) is 0.857. The van der Waals surface area contributed by atoms with Gasteiger partial charge in [-0.1, -0.05) is 0 Å². The molecular weight excluding hydrogens is 232 g/mol. The van der Waals surface area contributed by atoms with Gasteiger partial charge in [0.05, 0.1) is 15.1 Å². The van der Waals surface area contributed by atoms with Gasteiger partial charge in [-0.25, -0.2) is 13.4 Å². The lowest BCUT2D eigenvalue weighted by atomic mass is 10.3. The zero-order valence-electron chi connectivity index (χ0n) is 8.10. The van der Waals surface area contributed by atoms with E-state index in [1.54, 1.807) is 18.2 Å². The molecule has 2 aromatic rings. The minimum Gasteiger partial charge on any atom is -0.325 e. The topological polar surface area (TPSA) is 73.0 Å². The maximum absolute atomic E-state index is 11.3. The first-order valence-electron chi connectivity index (χ1n) is 4.30. The lowest BCUT2D eigenvalue weighted by Crippen LogP contribution is -1.95. The maximum atomic E-state index is 11.3. The first-order valence-corrected chi connectivity index (χ1v) is 7.01. The van der Waals surface area contributed by atoms with Gasteiger partial charge in [-0.2, -0.15) is 0 Å². The molecule has 80 valence electrons. The first kappa shape index (κ1) is 10.5. The molecule has 0 amide bonds. The van der Waals surface area contributed by atoms with E-state index in [4.69, 9.17) is 5.73 Å². The van der Waals surface area contributed by atoms with Gasteiger partial charge in [0.2, 0.25) is 0 Å². The predicted octanol–water partition coefficient (Wildman–Crippen LogP) is 1.16. The van der Waals surface area contributed by atoms with Crippen LogP contribution in [0, 0.1) is 0 Å². The number of nitrogens with two attached hydrogens (primary N) is 1. The highest BCUT2D eigenvalue weighted by Gasteiger charge is 2.09. The van der Waals surface area contributed by atoms with Crippen molar-refractivity contribution in [1.29, 1.82) is 0 Å². The van der Waals surface area contributed by atoms with Gasteiger partial charge in [-0.05, 0) is 18.2 Å². The molecule has 1 heterocycles. The molecule has 4 nitrogen and oxygen atoms in total. The van der Waals surface area contributed by atoms with Crippen LogP contribution in [0.1, 0.15) is 5.01 Å². The Morgan fingerprint density at radius 2 is 2.20 bits per heavy atom. The molecule has 0 aliphatic heterocycles. The fraction of sp³-hybridized carbons (Fsp3) is 0.222.